The number of allylic oxidation sites excluding steroid dienone is 2. The van der Waals surface area contributed by atoms with E-state index in [2.05, 4.69) is 64.9 Å². The Bertz CT molecular complexity index is 937. The van der Waals surface area contributed by atoms with Crippen LogP contribution >= 0.6 is 0 Å². The molecule has 0 spiro atoms. The molecule has 2 heterocycles. The fraction of sp³-hybridized carbons (Fsp3) is 0.150. The van der Waals surface area contributed by atoms with Crippen LogP contribution in [0.1, 0.15) is 5.89 Å². The first-order valence-electron chi connectivity index (χ1n) is 7.99. The Morgan fingerprint density at radius 1 is 0.917 bits per heavy atom. The van der Waals surface area contributed by atoms with Gasteiger partial charge in [0.1, 0.15) is 12.9 Å². The molecule has 0 N–H and O–H groups in total. The lowest BCUT2D eigenvalue weighted by Crippen LogP contribution is -2.29. The summed E-state index contributed by atoms with van der Waals surface area (Å²) in [5.74, 6) is 1.96. The van der Waals surface area contributed by atoms with Crippen molar-refractivity contribution in [3.63, 3.8) is 0 Å². The zero-order valence-electron chi connectivity index (χ0n) is 14.1. The van der Waals surface area contributed by atoms with Crippen LogP contribution in [0, 0.1) is 0 Å². The van der Waals surface area contributed by atoms with Crippen LogP contribution in [-0.2, 0) is 7.05 Å². The van der Waals surface area contributed by atoms with Crippen molar-refractivity contribution in [1.82, 2.24) is 0 Å². The molecule has 0 radical (unpaired) electrons. The van der Waals surface area contributed by atoms with Gasteiger partial charge in [0.05, 0.1) is 17.5 Å². The van der Waals surface area contributed by atoms with E-state index in [1.807, 2.05) is 37.4 Å². The molecular formula is C20H20N3O+. The lowest BCUT2D eigenvalue weighted by molar-refractivity contribution is -0.652. The minimum absolute atomic E-state index is 0.828. The third kappa shape index (κ3) is 2.19. The Hall–Kier alpha value is -3.01. The van der Waals surface area contributed by atoms with Crippen LogP contribution in [0.2, 0.25) is 0 Å². The maximum atomic E-state index is 5.90. The molecule has 0 aliphatic carbocycles. The summed E-state index contributed by atoms with van der Waals surface area (Å²) in [7, 11) is 6.19. The van der Waals surface area contributed by atoms with Crippen molar-refractivity contribution in [3.8, 4) is 0 Å². The molecule has 120 valence electrons. The van der Waals surface area contributed by atoms with Gasteiger partial charge >= 0.3 is 5.89 Å². The number of aromatic nitrogens is 1. The van der Waals surface area contributed by atoms with E-state index in [4.69, 9.17) is 4.42 Å². The molecule has 0 atom stereocenters. The van der Waals surface area contributed by atoms with Crippen molar-refractivity contribution in [2.24, 2.45) is 7.05 Å². The average Bonchev–Trinajstić information content (AvgIpc) is 3.05. The van der Waals surface area contributed by atoms with Gasteiger partial charge in [-0.25, -0.2) is 0 Å². The number of nitrogens with zero attached hydrogens (tertiary/aromatic N) is 3. The van der Waals surface area contributed by atoms with Crippen molar-refractivity contribution in [2.45, 2.75) is 0 Å². The molecule has 2 aromatic carbocycles. The van der Waals surface area contributed by atoms with Crippen LogP contribution in [0.5, 0.6) is 0 Å². The van der Waals surface area contributed by atoms with Crippen molar-refractivity contribution in [2.75, 3.05) is 23.9 Å². The Morgan fingerprint density at radius 3 is 2.21 bits per heavy atom. The highest BCUT2D eigenvalue weighted by atomic mass is 16.3. The van der Waals surface area contributed by atoms with E-state index in [1.54, 1.807) is 0 Å². The number of benzene rings is 2. The van der Waals surface area contributed by atoms with E-state index in [0.717, 1.165) is 22.8 Å². The molecule has 1 aromatic heterocycles. The molecule has 1 aliphatic heterocycles. The van der Waals surface area contributed by atoms with Crippen molar-refractivity contribution in [1.29, 1.82) is 0 Å². The number of fused-ring (bicyclic) bond motifs is 2. The SMILES string of the molecule is CN1C(=CC=Cc2oc3ccccc3[n+]2C)N(C)c2ccccc21. The smallest absolute Gasteiger partial charge is 0.373 e. The molecule has 4 nitrogen and oxygen atoms in total. The van der Waals surface area contributed by atoms with Gasteiger partial charge in [-0.3, -0.25) is 0 Å². The molecule has 4 heteroatoms. The van der Waals surface area contributed by atoms with Crippen LogP contribution in [0.3, 0.4) is 0 Å². The maximum Gasteiger partial charge on any atom is 0.373 e. The van der Waals surface area contributed by atoms with Crippen LogP contribution < -0.4 is 14.4 Å². The molecule has 0 saturated carbocycles. The lowest BCUT2D eigenvalue weighted by Gasteiger charge is -2.17. The van der Waals surface area contributed by atoms with Gasteiger partial charge in [-0.15, -0.1) is 0 Å². The fourth-order valence-corrected chi connectivity index (χ4v) is 3.21. The molecular weight excluding hydrogens is 298 g/mol. The Labute approximate surface area is 141 Å². The first kappa shape index (κ1) is 14.6. The molecule has 0 saturated heterocycles. The van der Waals surface area contributed by atoms with Crippen LogP contribution in [0.4, 0.5) is 11.4 Å². The average molecular weight is 318 g/mol. The summed E-state index contributed by atoms with van der Waals surface area (Å²) < 4.78 is 7.96. The van der Waals surface area contributed by atoms with Gasteiger partial charge in [-0.1, -0.05) is 24.3 Å². The second-order valence-electron chi connectivity index (χ2n) is 5.96. The molecule has 24 heavy (non-hydrogen) atoms. The highest BCUT2D eigenvalue weighted by molar-refractivity contribution is 5.82. The summed E-state index contributed by atoms with van der Waals surface area (Å²) in [6.45, 7) is 0. The third-order valence-corrected chi connectivity index (χ3v) is 4.55. The first-order valence-corrected chi connectivity index (χ1v) is 7.99. The monoisotopic (exact) mass is 318 g/mol. The topological polar surface area (TPSA) is 23.5 Å². The maximum absolute atomic E-state index is 5.90. The quantitative estimate of drug-likeness (QED) is 0.673. The summed E-state index contributed by atoms with van der Waals surface area (Å²) in [6, 6.07) is 16.5. The second kappa shape index (κ2) is 5.57. The predicted octanol–water partition coefficient (Wildman–Crippen LogP) is 3.70. The second-order valence-corrected chi connectivity index (χ2v) is 5.96. The summed E-state index contributed by atoms with van der Waals surface area (Å²) in [5.41, 5.74) is 4.42. The molecule has 4 rings (SSSR count). The van der Waals surface area contributed by atoms with Gasteiger partial charge in [0, 0.05) is 20.2 Å². The number of rotatable bonds is 2. The number of oxazole rings is 1. The Balaban J connectivity index is 1.65. The van der Waals surface area contributed by atoms with E-state index >= 15 is 0 Å². The summed E-state index contributed by atoms with van der Waals surface area (Å²) in [5, 5.41) is 0. The third-order valence-electron chi connectivity index (χ3n) is 4.55. The van der Waals surface area contributed by atoms with Crippen molar-refractivity contribution < 1.29 is 8.98 Å². The largest absolute Gasteiger partial charge is 0.398 e. The molecule has 0 fully saturated rings. The minimum atomic E-state index is 0.828. The molecule has 0 amide bonds. The highest BCUT2D eigenvalue weighted by Crippen LogP contribution is 2.38. The van der Waals surface area contributed by atoms with E-state index in [-0.39, 0.29) is 0 Å². The zero-order valence-corrected chi connectivity index (χ0v) is 14.1. The minimum Gasteiger partial charge on any atom is -0.398 e. The molecule has 1 aliphatic rings. The first-order chi connectivity index (χ1) is 11.7. The van der Waals surface area contributed by atoms with Gasteiger partial charge in [0.25, 0.3) is 5.52 Å². The van der Waals surface area contributed by atoms with Gasteiger partial charge in [-0.05, 0) is 30.4 Å². The Morgan fingerprint density at radius 2 is 1.54 bits per heavy atom. The van der Waals surface area contributed by atoms with Crippen LogP contribution in [0.25, 0.3) is 17.2 Å². The van der Waals surface area contributed by atoms with Gasteiger partial charge in [-0.2, -0.15) is 4.57 Å². The molecule has 0 bridgehead atoms. The predicted molar refractivity (Wildman–Crippen MR) is 97.8 cm³/mol. The number of hydrogen-bond acceptors (Lipinski definition) is 3. The zero-order chi connectivity index (χ0) is 16.7. The number of hydrogen-bond donors (Lipinski definition) is 0. The van der Waals surface area contributed by atoms with E-state index < -0.39 is 0 Å². The van der Waals surface area contributed by atoms with Gasteiger partial charge in [0.2, 0.25) is 5.58 Å². The Kier molecular flexibility index (Phi) is 3.38. The molecule has 3 aromatic rings. The normalized spacial score (nSPS) is 14.0. The molecule has 0 unspecified atom stereocenters. The fourth-order valence-electron chi connectivity index (χ4n) is 3.21. The number of para-hydroxylation sites is 4. The van der Waals surface area contributed by atoms with E-state index in [9.17, 15) is 0 Å². The number of aryl methyl sites for hydroxylation is 1. The van der Waals surface area contributed by atoms with Gasteiger partial charge < -0.3 is 14.2 Å². The van der Waals surface area contributed by atoms with Crippen LogP contribution in [-0.4, -0.2) is 14.1 Å². The summed E-state index contributed by atoms with van der Waals surface area (Å²) >= 11 is 0. The van der Waals surface area contributed by atoms with Gasteiger partial charge in [0.15, 0.2) is 0 Å². The van der Waals surface area contributed by atoms with E-state index in [0.29, 0.717) is 0 Å². The summed E-state index contributed by atoms with van der Waals surface area (Å²) in [6.07, 6.45) is 6.14. The van der Waals surface area contributed by atoms with Crippen molar-refractivity contribution in [3.05, 3.63) is 72.4 Å². The van der Waals surface area contributed by atoms with Crippen molar-refractivity contribution >= 4 is 28.6 Å². The number of anilines is 2. The van der Waals surface area contributed by atoms with Crippen LogP contribution in [0.15, 0.2) is 70.9 Å². The summed E-state index contributed by atoms with van der Waals surface area (Å²) in [4.78, 5) is 4.39. The highest BCUT2D eigenvalue weighted by Gasteiger charge is 2.24. The lowest BCUT2D eigenvalue weighted by atomic mass is 10.3. The van der Waals surface area contributed by atoms with E-state index in [1.165, 1.54) is 11.4 Å². The standard InChI is InChI=1S/C20H20N3O/c1-21-15-9-4-5-10-16(15)22(2)19(21)13-8-14-20-23(3)17-11-6-7-12-18(17)24-20/h4-14H,1-3H3/q+1.